The van der Waals surface area contributed by atoms with Gasteiger partial charge >= 0.3 is 5.97 Å². The number of Topliss-reactive ketones (excluding diaryl/α,β-unsaturated/α-hetero) is 1. The lowest BCUT2D eigenvalue weighted by Gasteiger charge is -2.35. The van der Waals surface area contributed by atoms with E-state index in [-0.39, 0.29) is 23.8 Å². The average Bonchev–Trinajstić information content (AvgIpc) is 2.73. The molecule has 5 heteroatoms. The molecule has 0 amide bonds. The second-order valence-corrected chi connectivity index (χ2v) is 7.94. The average molecular weight is 379 g/mol. The van der Waals surface area contributed by atoms with E-state index in [2.05, 4.69) is 0 Å². The largest absolute Gasteiger partial charge is 0.459 e. The van der Waals surface area contributed by atoms with Crippen molar-refractivity contribution in [1.29, 1.82) is 0 Å². The minimum Gasteiger partial charge on any atom is -0.459 e. The third-order valence-electron chi connectivity index (χ3n) is 5.18. The summed E-state index contributed by atoms with van der Waals surface area (Å²) in [6.07, 6.45) is 7.96. The van der Waals surface area contributed by atoms with E-state index in [1.165, 1.54) is 13.0 Å². The first kappa shape index (κ1) is 23.3. The fourth-order valence-electron chi connectivity index (χ4n) is 3.32. The summed E-state index contributed by atoms with van der Waals surface area (Å²) in [7, 11) is 0. The number of aldehydes is 1. The molecule has 1 fully saturated rings. The van der Waals surface area contributed by atoms with Crippen LogP contribution in [0.1, 0.15) is 73.1 Å². The van der Waals surface area contributed by atoms with Crippen molar-refractivity contribution in [2.24, 2.45) is 5.92 Å². The molecule has 5 nitrogen and oxygen atoms in total. The molecule has 0 aromatic heterocycles. The normalized spacial score (nSPS) is 25.4. The summed E-state index contributed by atoms with van der Waals surface area (Å²) in [6.45, 7) is 9.67. The van der Waals surface area contributed by atoms with Gasteiger partial charge in [-0.05, 0) is 64.5 Å². The van der Waals surface area contributed by atoms with Crippen LogP contribution in [0.5, 0.6) is 0 Å². The van der Waals surface area contributed by atoms with Crippen LogP contribution >= 0.6 is 0 Å². The quantitative estimate of drug-likeness (QED) is 0.258. The summed E-state index contributed by atoms with van der Waals surface area (Å²) in [4.78, 5) is 34.5. The third kappa shape index (κ3) is 8.21. The number of ether oxygens (including phenoxy) is 2. The Morgan fingerprint density at radius 3 is 2.63 bits per heavy atom. The van der Waals surface area contributed by atoms with E-state index >= 15 is 0 Å². The van der Waals surface area contributed by atoms with Crippen molar-refractivity contribution in [2.75, 3.05) is 6.61 Å². The lowest BCUT2D eigenvalue weighted by atomic mass is 9.87. The first-order valence-corrected chi connectivity index (χ1v) is 9.78. The standard InChI is InChI=1S/C22H34O5/c1-16(2)8-10-20(25)17(3)7-6-13-22(5)21(27-18(4)24)11-9-19(12-14-23)15-26-22/h8,12,14,17,21H,6-7,9-11,13,15H2,1-5H3/b19-12+/t17?,21-,22+/m1/s1. The Bertz CT molecular complexity index is 586. The van der Waals surface area contributed by atoms with Crippen molar-refractivity contribution >= 4 is 18.0 Å². The van der Waals surface area contributed by atoms with Gasteiger partial charge in [0.2, 0.25) is 0 Å². The summed E-state index contributed by atoms with van der Waals surface area (Å²) in [6, 6.07) is 0. The summed E-state index contributed by atoms with van der Waals surface area (Å²) in [5.74, 6) is -0.0912. The molecule has 1 unspecified atom stereocenters. The second-order valence-electron chi connectivity index (χ2n) is 7.94. The van der Waals surface area contributed by atoms with Gasteiger partial charge in [0.25, 0.3) is 0 Å². The maximum Gasteiger partial charge on any atom is 0.303 e. The van der Waals surface area contributed by atoms with Gasteiger partial charge in [-0.2, -0.15) is 0 Å². The Kier molecular flexibility index (Phi) is 9.64. The zero-order chi connectivity index (χ0) is 20.4. The smallest absolute Gasteiger partial charge is 0.303 e. The van der Waals surface area contributed by atoms with Crippen LogP contribution in [0.15, 0.2) is 23.3 Å². The Morgan fingerprint density at radius 2 is 2.04 bits per heavy atom. The number of allylic oxidation sites excluding steroid dienone is 3. The Labute approximate surface area is 163 Å². The molecule has 3 atom stereocenters. The molecule has 0 N–H and O–H groups in total. The van der Waals surface area contributed by atoms with E-state index in [9.17, 15) is 14.4 Å². The van der Waals surface area contributed by atoms with Crippen molar-refractivity contribution in [2.45, 2.75) is 84.8 Å². The Morgan fingerprint density at radius 1 is 1.33 bits per heavy atom. The Hall–Kier alpha value is -1.75. The minimum absolute atomic E-state index is 0.00678. The zero-order valence-electron chi connectivity index (χ0n) is 17.4. The first-order valence-electron chi connectivity index (χ1n) is 9.78. The Balaban J connectivity index is 2.70. The number of hydrogen-bond donors (Lipinski definition) is 0. The fourth-order valence-corrected chi connectivity index (χ4v) is 3.32. The van der Waals surface area contributed by atoms with Crippen LogP contribution in [0.2, 0.25) is 0 Å². The van der Waals surface area contributed by atoms with E-state index in [0.717, 1.165) is 30.3 Å². The molecule has 0 saturated carbocycles. The molecule has 152 valence electrons. The molecular formula is C22H34O5. The number of ketones is 1. The topological polar surface area (TPSA) is 69.7 Å². The lowest BCUT2D eigenvalue weighted by molar-refractivity contribution is -0.167. The van der Waals surface area contributed by atoms with Gasteiger partial charge in [-0.1, -0.05) is 18.6 Å². The van der Waals surface area contributed by atoms with E-state index in [4.69, 9.17) is 9.47 Å². The first-order chi connectivity index (χ1) is 12.7. The van der Waals surface area contributed by atoms with Gasteiger partial charge in [0.05, 0.1) is 6.61 Å². The number of esters is 1. The number of carbonyl (C=O) groups is 3. The van der Waals surface area contributed by atoms with Crippen LogP contribution in [0.25, 0.3) is 0 Å². The van der Waals surface area contributed by atoms with Crippen molar-refractivity contribution in [3.05, 3.63) is 23.3 Å². The maximum absolute atomic E-state index is 12.2. The van der Waals surface area contributed by atoms with Gasteiger partial charge in [-0.3, -0.25) is 14.4 Å². The van der Waals surface area contributed by atoms with Crippen LogP contribution in [-0.4, -0.2) is 36.4 Å². The van der Waals surface area contributed by atoms with Gasteiger partial charge < -0.3 is 9.47 Å². The third-order valence-corrected chi connectivity index (χ3v) is 5.18. The molecule has 0 aromatic carbocycles. The van der Waals surface area contributed by atoms with Gasteiger partial charge in [-0.15, -0.1) is 0 Å². The molecule has 0 spiro atoms. The molecule has 1 heterocycles. The monoisotopic (exact) mass is 378 g/mol. The molecule has 0 radical (unpaired) electrons. The SMILES string of the molecule is CC(=O)O[C@@H]1CC/C(=C\C=O)CO[C@@]1(C)CCCC(C)C(=O)CC=C(C)C. The molecule has 1 aliphatic rings. The highest BCUT2D eigenvalue weighted by molar-refractivity contribution is 5.82. The van der Waals surface area contributed by atoms with E-state index in [1.807, 2.05) is 33.8 Å². The fraction of sp³-hybridized carbons (Fsp3) is 0.682. The number of carbonyl (C=O) groups excluding carboxylic acids is 3. The molecule has 0 aliphatic carbocycles. The van der Waals surface area contributed by atoms with Crippen LogP contribution < -0.4 is 0 Å². The van der Waals surface area contributed by atoms with Gasteiger partial charge in [0.15, 0.2) is 0 Å². The van der Waals surface area contributed by atoms with Gasteiger partial charge in [0, 0.05) is 19.3 Å². The summed E-state index contributed by atoms with van der Waals surface area (Å²) in [5, 5.41) is 0. The van der Waals surface area contributed by atoms with Crippen LogP contribution in [0, 0.1) is 5.92 Å². The van der Waals surface area contributed by atoms with E-state index in [0.29, 0.717) is 32.3 Å². The molecule has 0 bridgehead atoms. The molecule has 27 heavy (non-hydrogen) atoms. The molecule has 1 saturated heterocycles. The van der Waals surface area contributed by atoms with Gasteiger partial charge in [0.1, 0.15) is 23.8 Å². The maximum atomic E-state index is 12.2. The van der Waals surface area contributed by atoms with Gasteiger partial charge in [-0.25, -0.2) is 0 Å². The van der Waals surface area contributed by atoms with Crippen molar-refractivity contribution in [3.8, 4) is 0 Å². The lowest BCUT2D eigenvalue weighted by Crippen LogP contribution is -2.43. The molecule has 0 aromatic rings. The van der Waals surface area contributed by atoms with Crippen molar-refractivity contribution in [3.63, 3.8) is 0 Å². The predicted molar refractivity (Wildman–Crippen MR) is 105 cm³/mol. The highest BCUT2D eigenvalue weighted by Gasteiger charge is 2.39. The number of rotatable bonds is 9. The summed E-state index contributed by atoms with van der Waals surface area (Å²) in [5.41, 5.74) is 1.45. The highest BCUT2D eigenvalue weighted by atomic mass is 16.6. The summed E-state index contributed by atoms with van der Waals surface area (Å²) < 4.78 is 11.6. The van der Waals surface area contributed by atoms with Crippen molar-refractivity contribution < 1.29 is 23.9 Å². The highest BCUT2D eigenvalue weighted by Crippen LogP contribution is 2.34. The predicted octanol–water partition coefficient (Wildman–Crippen LogP) is 4.34. The van der Waals surface area contributed by atoms with E-state index in [1.54, 1.807) is 0 Å². The minimum atomic E-state index is -0.618. The van der Waals surface area contributed by atoms with Crippen LogP contribution in [-0.2, 0) is 23.9 Å². The zero-order valence-corrected chi connectivity index (χ0v) is 17.4. The van der Waals surface area contributed by atoms with Crippen molar-refractivity contribution in [1.82, 2.24) is 0 Å². The molecule has 1 rings (SSSR count). The summed E-state index contributed by atoms with van der Waals surface area (Å²) >= 11 is 0. The molecule has 1 aliphatic heterocycles. The second kappa shape index (κ2) is 11.2. The van der Waals surface area contributed by atoms with E-state index < -0.39 is 5.60 Å². The molecular weight excluding hydrogens is 344 g/mol. The number of hydrogen-bond acceptors (Lipinski definition) is 5. The van der Waals surface area contributed by atoms with Crippen LogP contribution in [0.4, 0.5) is 0 Å². The van der Waals surface area contributed by atoms with Crippen LogP contribution in [0.3, 0.4) is 0 Å².